The monoisotopic (exact) mass is 469 g/mol. The Balaban J connectivity index is 1.47. The molecule has 5 rings (SSSR count). The molecule has 2 fully saturated rings. The van der Waals surface area contributed by atoms with E-state index in [1.165, 1.54) is 0 Å². The van der Waals surface area contributed by atoms with E-state index in [1.807, 2.05) is 24.3 Å². The molecular weight excluding hydrogens is 445 g/mol. The van der Waals surface area contributed by atoms with Gasteiger partial charge in [0.1, 0.15) is 11.6 Å². The third-order valence-electron chi connectivity index (χ3n) is 6.24. The van der Waals surface area contributed by atoms with Crippen molar-refractivity contribution in [3.05, 3.63) is 52.9 Å². The van der Waals surface area contributed by atoms with E-state index in [-0.39, 0.29) is 6.04 Å². The highest BCUT2D eigenvalue weighted by Gasteiger charge is 2.30. The summed E-state index contributed by atoms with van der Waals surface area (Å²) in [6, 6.07) is 8.35. The smallest absolute Gasteiger partial charge is 0.228 e. The minimum Gasteiger partial charge on any atom is -0.352 e. The van der Waals surface area contributed by atoms with Gasteiger partial charge in [0.25, 0.3) is 0 Å². The first-order valence-electron chi connectivity index (χ1n) is 10.9. The largest absolute Gasteiger partial charge is 0.352 e. The zero-order chi connectivity index (χ0) is 22.2. The van der Waals surface area contributed by atoms with Gasteiger partial charge in [0.05, 0.1) is 15.7 Å². The fourth-order valence-corrected chi connectivity index (χ4v) is 4.73. The Morgan fingerprint density at radius 3 is 2.53 bits per heavy atom. The maximum atomic E-state index is 6.39. The van der Waals surface area contributed by atoms with Gasteiger partial charge in [-0.05, 0) is 38.5 Å². The van der Waals surface area contributed by atoms with Gasteiger partial charge in [0.15, 0.2) is 0 Å². The van der Waals surface area contributed by atoms with E-state index in [4.69, 9.17) is 33.2 Å². The molecule has 1 unspecified atom stereocenters. The van der Waals surface area contributed by atoms with Crippen LogP contribution in [0, 0.1) is 0 Å². The predicted molar refractivity (Wildman–Crippen MR) is 130 cm³/mol. The molecule has 2 saturated heterocycles. The fourth-order valence-electron chi connectivity index (χ4n) is 4.31. The van der Waals surface area contributed by atoms with Crippen LogP contribution in [0.25, 0.3) is 11.3 Å². The van der Waals surface area contributed by atoms with Gasteiger partial charge in [0.2, 0.25) is 5.95 Å². The normalized spacial score (nSPS) is 20.9. The summed E-state index contributed by atoms with van der Waals surface area (Å²) in [5.74, 6) is 2.52. The Bertz CT molecular complexity index is 1130. The quantitative estimate of drug-likeness (QED) is 0.554. The van der Waals surface area contributed by atoms with Crippen LogP contribution in [-0.4, -0.2) is 58.2 Å². The van der Waals surface area contributed by atoms with Crippen LogP contribution in [-0.2, 0) is 0 Å². The van der Waals surface area contributed by atoms with Crippen molar-refractivity contribution in [1.29, 1.82) is 0 Å². The van der Waals surface area contributed by atoms with Crippen LogP contribution in [0.5, 0.6) is 0 Å². The van der Waals surface area contributed by atoms with Crippen LogP contribution in [0.2, 0.25) is 10.0 Å². The molecule has 0 amide bonds. The lowest BCUT2D eigenvalue weighted by Gasteiger charge is -2.42. The molecule has 3 aromatic heterocycles. The summed E-state index contributed by atoms with van der Waals surface area (Å²) in [6.07, 6.45) is 6.37. The van der Waals surface area contributed by atoms with E-state index in [2.05, 4.69) is 38.5 Å². The molecule has 166 valence electrons. The summed E-state index contributed by atoms with van der Waals surface area (Å²) in [4.78, 5) is 25.4. The molecule has 7 nitrogen and oxygen atoms in total. The Morgan fingerprint density at radius 1 is 0.969 bits per heavy atom. The van der Waals surface area contributed by atoms with Crippen molar-refractivity contribution < 1.29 is 0 Å². The molecule has 2 aliphatic rings. The van der Waals surface area contributed by atoms with Gasteiger partial charge in [-0.25, -0.2) is 9.97 Å². The third-order valence-corrected chi connectivity index (χ3v) is 6.74. The number of aromatic nitrogens is 4. The van der Waals surface area contributed by atoms with Crippen molar-refractivity contribution in [2.24, 2.45) is 0 Å². The molecule has 0 spiro atoms. The summed E-state index contributed by atoms with van der Waals surface area (Å²) in [7, 11) is 0. The topological polar surface area (TPSA) is 61.3 Å². The Labute approximate surface area is 198 Å². The zero-order valence-electron chi connectivity index (χ0n) is 18.1. The first-order chi connectivity index (χ1) is 15.5. The molecule has 0 aromatic carbocycles. The lowest BCUT2D eigenvalue weighted by Crippen LogP contribution is -2.53. The SMILES string of the molecule is CC1CCN1c1nc(-c2cncc(Cl)c2)cc(N2CCN(c3ncccc3Cl)C[C@H]2C)n1. The highest BCUT2D eigenvalue weighted by Crippen LogP contribution is 2.32. The van der Waals surface area contributed by atoms with Crippen LogP contribution in [0.4, 0.5) is 17.6 Å². The van der Waals surface area contributed by atoms with Gasteiger partial charge in [-0.15, -0.1) is 0 Å². The molecule has 0 saturated carbocycles. The molecule has 3 aromatic rings. The van der Waals surface area contributed by atoms with Crippen LogP contribution in [0.1, 0.15) is 20.3 Å². The molecule has 9 heteroatoms. The van der Waals surface area contributed by atoms with E-state index in [0.717, 1.165) is 61.4 Å². The Morgan fingerprint density at radius 2 is 1.84 bits per heavy atom. The minimum absolute atomic E-state index is 0.226. The maximum absolute atomic E-state index is 6.39. The van der Waals surface area contributed by atoms with Crippen molar-refractivity contribution >= 4 is 40.8 Å². The van der Waals surface area contributed by atoms with E-state index < -0.39 is 0 Å². The number of rotatable bonds is 4. The average molecular weight is 470 g/mol. The van der Waals surface area contributed by atoms with Gasteiger partial charge in [-0.1, -0.05) is 23.2 Å². The van der Waals surface area contributed by atoms with Gasteiger partial charge in [-0.3, -0.25) is 4.98 Å². The summed E-state index contributed by atoms with van der Waals surface area (Å²) >= 11 is 12.6. The lowest BCUT2D eigenvalue weighted by atomic mass is 10.1. The number of nitrogens with zero attached hydrogens (tertiary/aromatic N) is 7. The van der Waals surface area contributed by atoms with Crippen molar-refractivity contribution in [2.45, 2.75) is 32.4 Å². The predicted octanol–water partition coefficient (Wildman–Crippen LogP) is 4.55. The van der Waals surface area contributed by atoms with Crippen LogP contribution in [0.15, 0.2) is 42.9 Å². The van der Waals surface area contributed by atoms with Crippen molar-refractivity contribution in [3.63, 3.8) is 0 Å². The van der Waals surface area contributed by atoms with Crippen LogP contribution < -0.4 is 14.7 Å². The first-order valence-corrected chi connectivity index (χ1v) is 11.6. The number of pyridine rings is 2. The number of anilines is 3. The molecule has 0 bridgehead atoms. The summed E-state index contributed by atoms with van der Waals surface area (Å²) in [6.45, 7) is 7.82. The second-order valence-electron chi connectivity index (χ2n) is 8.43. The molecule has 0 radical (unpaired) electrons. The fraction of sp³-hybridized carbons (Fsp3) is 0.391. The first kappa shape index (κ1) is 21.2. The molecule has 0 N–H and O–H groups in total. The number of hydrogen-bond acceptors (Lipinski definition) is 7. The molecule has 5 heterocycles. The summed E-state index contributed by atoms with van der Waals surface area (Å²) in [5, 5.41) is 1.27. The van der Waals surface area contributed by atoms with Crippen molar-refractivity contribution in [3.8, 4) is 11.3 Å². The lowest BCUT2D eigenvalue weighted by molar-refractivity contribution is 0.469. The van der Waals surface area contributed by atoms with Crippen LogP contribution in [0.3, 0.4) is 0 Å². The van der Waals surface area contributed by atoms with Gasteiger partial charge in [-0.2, -0.15) is 4.98 Å². The summed E-state index contributed by atoms with van der Waals surface area (Å²) in [5.41, 5.74) is 1.73. The maximum Gasteiger partial charge on any atom is 0.228 e. The summed E-state index contributed by atoms with van der Waals surface area (Å²) < 4.78 is 0. The van der Waals surface area contributed by atoms with E-state index in [0.29, 0.717) is 16.1 Å². The highest BCUT2D eigenvalue weighted by atomic mass is 35.5. The average Bonchev–Trinajstić information content (AvgIpc) is 2.78. The Kier molecular flexibility index (Phi) is 5.78. The van der Waals surface area contributed by atoms with Gasteiger partial charge in [0, 0.05) is 68.5 Å². The van der Waals surface area contributed by atoms with Gasteiger partial charge >= 0.3 is 0 Å². The second kappa shape index (κ2) is 8.71. The Hall–Kier alpha value is -2.64. The number of hydrogen-bond donors (Lipinski definition) is 0. The molecule has 2 atom stereocenters. The third kappa shape index (κ3) is 4.07. The highest BCUT2D eigenvalue weighted by molar-refractivity contribution is 6.33. The van der Waals surface area contributed by atoms with Crippen molar-refractivity contribution in [2.75, 3.05) is 40.9 Å². The van der Waals surface area contributed by atoms with E-state index in [1.54, 1.807) is 18.6 Å². The van der Waals surface area contributed by atoms with Crippen molar-refractivity contribution in [1.82, 2.24) is 19.9 Å². The van der Waals surface area contributed by atoms with Gasteiger partial charge < -0.3 is 14.7 Å². The van der Waals surface area contributed by atoms with E-state index in [9.17, 15) is 0 Å². The number of halogens is 2. The molecule has 0 aliphatic carbocycles. The van der Waals surface area contributed by atoms with Crippen LogP contribution >= 0.6 is 23.2 Å². The number of piperazine rings is 1. The minimum atomic E-state index is 0.226. The molecule has 32 heavy (non-hydrogen) atoms. The second-order valence-corrected chi connectivity index (χ2v) is 9.28. The standard InChI is InChI=1S/C23H25Cl2N7/c1-15-5-7-32(15)23-28-20(17-10-18(24)13-26-12-17)11-21(29-23)31-9-8-30(14-16(31)2)22-19(25)4-3-6-27-22/h3-4,6,10-13,15-16H,5,7-9,14H2,1-2H3/t15?,16-/m1/s1. The zero-order valence-corrected chi connectivity index (χ0v) is 19.6. The molecular formula is C23H25Cl2N7. The molecule has 2 aliphatic heterocycles. The van der Waals surface area contributed by atoms with E-state index >= 15 is 0 Å².